The van der Waals surface area contributed by atoms with E-state index in [2.05, 4.69) is 5.32 Å². The molecule has 0 bridgehead atoms. The van der Waals surface area contributed by atoms with Crippen LogP contribution in [0.3, 0.4) is 0 Å². The molecule has 0 unspecified atom stereocenters. The van der Waals surface area contributed by atoms with Gasteiger partial charge in [-0.1, -0.05) is 0 Å². The van der Waals surface area contributed by atoms with E-state index in [-0.39, 0.29) is 105 Å². The van der Waals surface area contributed by atoms with Crippen LogP contribution in [0.1, 0.15) is 20.8 Å². The van der Waals surface area contributed by atoms with Gasteiger partial charge in [-0.2, -0.15) is 0 Å². The van der Waals surface area contributed by atoms with Crippen LogP contribution >= 0.6 is 0 Å². The Hall–Kier alpha value is -1.36. The van der Waals surface area contributed by atoms with Gasteiger partial charge in [-0.15, -0.1) is 0 Å². The molecule has 3 rings (SSSR count). The number of nitrogens with one attached hydrogen (secondary N) is 1. The van der Waals surface area contributed by atoms with E-state index in [4.69, 9.17) is 99.5 Å². The van der Waals surface area contributed by atoms with Crippen LogP contribution in [0.2, 0.25) is 0 Å². The normalized spacial score (nSPS) is 27.7. The van der Waals surface area contributed by atoms with Crippen LogP contribution in [0.5, 0.6) is 0 Å². The second-order valence-electron chi connectivity index (χ2n) is 21.9. The minimum atomic E-state index is -1.52. The topological polar surface area (TPSA) is 449 Å². The molecule has 3 heterocycles. The van der Waals surface area contributed by atoms with E-state index in [0.717, 1.165) is 0 Å². The van der Waals surface area contributed by atoms with E-state index in [9.17, 15) is 61.3 Å². The van der Waals surface area contributed by atoms with Crippen LogP contribution < -0.4 is 5.32 Å². The molecule has 34 heteroatoms. The zero-order chi connectivity index (χ0) is 65.7. The number of hydrogen-bond donors (Lipinski definition) is 13. The van der Waals surface area contributed by atoms with Crippen LogP contribution in [-0.2, 0) is 99.5 Å². The lowest BCUT2D eigenvalue weighted by molar-refractivity contribution is -0.302. The van der Waals surface area contributed by atoms with E-state index in [1.165, 1.54) is 0 Å². The SMILES string of the molecule is CC(C)(C)NC(COCCOCCOCCOCCOCCO[C@@H]1O[C@H](CO)[C@H](O)[C@H](O)[C@H]1O)(COCCOCCOCCOCCOCCO[C@@H]1O[C@H](CO)[C@H](O)[C@H](O)[C@H]1O)COCCOCCOCCOCCOCCO[C@@H]1O[C@H](CO)[C@H](O)[C@H](O)[C@H]1O. The summed E-state index contributed by atoms with van der Waals surface area (Å²) in [5.74, 6) is 0. The predicted molar refractivity (Wildman–Crippen MR) is 307 cm³/mol. The standard InChI is InChI=1S/C56H109NO33/c1-55(2,3)57-56(37-82-25-22-76-13-10-70-4-7-73-16-19-79-28-31-85-52-49(67)46(64)43(61)40(34-58)88-52,38-83-26-23-77-14-11-71-5-8-74-17-20-80-29-32-86-53-50(68)47(65)44(62)41(35-59)89-53)39-84-27-24-78-15-12-72-6-9-75-18-21-81-30-33-87-54-51(69)48(66)45(63)42(36-60)90-54/h40-54,57-69H,4-39H2,1-3H3/t40-,41-,42-,43+,44+,45+,46+,47+,48+,49-,50-,51-,52-,53-,54-/m1/s1. The molecule has 90 heavy (non-hydrogen) atoms. The van der Waals surface area contributed by atoms with Gasteiger partial charge in [-0.05, 0) is 20.8 Å². The molecule has 15 atom stereocenters. The van der Waals surface area contributed by atoms with E-state index >= 15 is 0 Å². The minimum Gasteiger partial charge on any atom is -0.394 e. The highest BCUT2D eigenvalue weighted by molar-refractivity contribution is 4.94. The van der Waals surface area contributed by atoms with Crippen molar-refractivity contribution in [3.05, 3.63) is 0 Å². The molecule has 3 aliphatic heterocycles. The molecule has 0 radical (unpaired) electrons. The van der Waals surface area contributed by atoms with Crippen molar-refractivity contribution in [2.45, 2.75) is 124 Å². The lowest BCUT2D eigenvalue weighted by Crippen LogP contribution is -2.62. The molecule has 0 amide bonds. The number of hydrogen-bond acceptors (Lipinski definition) is 34. The molecule has 0 saturated carbocycles. The molecule has 0 aromatic rings. The highest BCUT2D eigenvalue weighted by Crippen LogP contribution is 2.24. The molecular weight excluding hydrogens is 1210 g/mol. The zero-order valence-electron chi connectivity index (χ0n) is 52.6. The van der Waals surface area contributed by atoms with Crippen LogP contribution in [0.4, 0.5) is 0 Å². The Morgan fingerprint density at radius 2 is 0.433 bits per heavy atom. The lowest BCUT2D eigenvalue weighted by atomic mass is 9.97. The average molecular weight is 1320 g/mol. The van der Waals surface area contributed by atoms with Crippen molar-refractivity contribution < 1.29 is 161 Å². The fraction of sp³-hybridized carbons (Fsp3) is 1.00. The largest absolute Gasteiger partial charge is 0.394 e. The fourth-order valence-electron chi connectivity index (χ4n) is 8.76. The quantitative estimate of drug-likeness (QED) is 0.0252. The molecule has 3 aliphatic rings. The Bertz CT molecular complexity index is 1480. The van der Waals surface area contributed by atoms with Crippen LogP contribution in [-0.4, -0.2) is 402 Å². The van der Waals surface area contributed by atoms with E-state index in [1.54, 1.807) is 0 Å². The maximum Gasteiger partial charge on any atom is 0.186 e. The van der Waals surface area contributed by atoms with Crippen molar-refractivity contribution in [3.63, 3.8) is 0 Å². The summed E-state index contributed by atoms with van der Waals surface area (Å²) in [6, 6.07) is 0. The van der Waals surface area contributed by atoms with E-state index < -0.39 is 117 Å². The molecule has 0 aromatic heterocycles. The molecule has 536 valence electrons. The summed E-state index contributed by atoms with van der Waals surface area (Å²) in [5, 5.41) is 121. The Kier molecular flexibility index (Phi) is 46.9. The second-order valence-corrected chi connectivity index (χ2v) is 21.9. The Balaban J connectivity index is 1.26. The van der Waals surface area contributed by atoms with Crippen molar-refractivity contribution in [1.82, 2.24) is 5.32 Å². The average Bonchev–Trinajstić information content (AvgIpc) is 1.71. The maximum atomic E-state index is 10.1. The lowest BCUT2D eigenvalue weighted by Gasteiger charge is -2.40. The van der Waals surface area contributed by atoms with Crippen LogP contribution in [0.15, 0.2) is 0 Å². The monoisotopic (exact) mass is 1320 g/mol. The molecule has 0 spiro atoms. The Morgan fingerprint density at radius 3 is 0.611 bits per heavy atom. The van der Waals surface area contributed by atoms with Crippen molar-refractivity contribution >= 4 is 0 Å². The molecular formula is C56H109NO33. The molecule has 34 nitrogen and oxygen atoms in total. The van der Waals surface area contributed by atoms with Crippen molar-refractivity contribution in [2.24, 2.45) is 0 Å². The summed E-state index contributed by atoms with van der Waals surface area (Å²) in [6.07, 6.45) is -20.2. The second kappa shape index (κ2) is 50.9. The van der Waals surface area contributed by atoms with Gasteiger partial charge >= 0.3 is 0 Å². The summed E-state index contributed by atoms with van der Waals surface area (Å²) in [6.45, 7) is 13.3. The van der Waals surface area contributed by atoms with Gasteiger partial charge in [-0.3, -0.25) is 0 Å². The Morgan fingerprint density at radius 1 is 0.256 bits per heavy atom. The summed E-state index contributed by atoms with van der Waals surface area (Å²) >= 11 is 0. The zero-order valence-corrected chi connectivity index (χ0v) is 52.6. The van der Waals surface area contributed by atoms with Gasteiger partial charge in [-0.25, -0.2) is 0 Å². The minimum absolute atomic E-state index is 0.0377. The molecule has 0 aliphatic carbocycles. The molecule has 0 aromatic carbocycles. The predicted octanol–water partition coefficient (Wildman–Crippen LogP) is -7.19. The van der Waals surface area contributed by atoms with E-state index in [1.807, 2.05) is 20.8 Å². The first-order chi connectivity index (χ1) is 43.5. The van der Waals surface area contributed by atoms with Gasteiger partial charge < -0.3 is 166 Å². The first-order valence-electron chi connectivity index (χ1n) is 30.7. The number of aliphatic hydroxyl groups is 12. The van der Waals surface area contributed by atoms with Gasteiger partial charge in [0.05, 0.1) is 243 Å². The summed E-state index contributed by atoms with van der Waals surface area (Å²) < 4.78 is 118. The molecule has 3 fully saturated rings. The van der Waals surface area contributed by atoms with E-state index in [0.29, 0.717) is 119 Å². The first kappa shape index (κ1) is 82.9. The first-order valence-corrected chi connectivity index (χ1v) is 30.7. The van der Waals surface area contributed by atoms with Crippen molar-refractivity contribution in [3.8, 4) is 0 Å². The molecule has 13 N–H and O–H groups in total. The highest BCUT2D eigenvalue weighted by Gasteiger charge is 2.46. The van der Waals surface area contributed by atoms with Gasteiger partial charge in [0.1, 0.15) is 73.2 Å². The smallest absolute Gasteiger partial charge is 0.186 e. The Labute approximate surface area is 526 Å². The third-order valence-corrected chi connectivity index (χ3v) is 13.3. The van der Waals surface area contributed by atoms with Gasteiger partial charge in [0.25, 0.3) is 0 Å². The van der Waals surface area contributed by atoms with Gasteiger partial charge in [0, 0.05) is 5.54 Å². The third kappa shape index (κ3) is 35.6. The van der Waals surface area contributed by atoms with Gasteiger partial charge in [0.2, 0.25) is 0 Å². The number of ether oxygens (including phenoxy) is 21. The highest BCUT2D eigenvalue weighted by atomic mass is 16.7. The van der Waals surface area contributed by atoms with Crippen LogP contribution in [0, 0.1) is 0 Å². The number of rotatable bonds is 58. The van der Waals surface area contributed by atoms with Crippen molar-refractivity contribution in [2.75, 3.05) is 238 Å². The van der Waals surface area contributed by atoms with Crippen molar-refractivity contribution in [1.29, 1.82) is 0 Å². The number of aliphatic hydroxyl groups excluding tert-OH is 12. The third-order valence-electron chi connectivity index (χ3n) is 13.3. The maximum absolute atomic E-state index is 10.1. The summed E-state index contributed by atoms with van der Waals surface area (Å²) in [7, 11) is 0. The molecule has 3 saturated heterocycles. The van der Waals surface area contributed by atoms with Gasteiger partial charge in [0.15, 0.2) is 18.9 Å². The van der Waals surface area contributed by atoms with Crippen LogP contribution in [0.25, 0.3) is 0 Å². The summed E-state index contributed by atoms with van der Waals surface area (Å²) in [4.78, 5) is 0. The summed E-state index contributed by atoms with van der Waals surface area (Å²) in [5.41, 5.74) is -1.14. The fourth-order valence-corrected chi connectivity index (χ4v) is 8.76.